The Balaban J connectivity index is 3.05. The number of hydrogen-bond acceptors (Lipinski definition) is 4. The highest BCUT2D eigenvalue weighted by molar-refractivity contribution is 7.91. The Morgan fingerprint density at radius 1 is 1.24 bits per heavy atom. The molecule has 4 N–H and O–H groups in total. The first kappa shape index (κ1) is 14.2. The van der Waals surface area contributed by atoms with Crippen LogP contribution >= 0.6 is 0 Å². The second kappa shape index (κ2) is 4.76. The molecule has 0 aliphatic carbocycles. The lowest BCUT2D eigenvalue weighted by atomic mass is 9.91. The van der Waals surface area contributed by atoms with Gasteiger partial charge in [-0.15, -0.1) is 0 Å². The van der Waals surface area contributed by atoms with Crippen molar-refractivity contribution in [3.05, 3.63) is 29.8 Å². The summed E-state index contributed by atoms with van der Waals surface area (Å²) in [4.78, 5) is 0.325. The maximum Gasteiger partial charge on any atom is 0.178 e. The van der Waals surface area contributed by atoms with Crippen LogP contribution in [0.15, 0.2) is 29.2 Å². The van der Waals surface area contributed by atoms with Crippen LogP contribution in [0.25, 0.3) is 0 Å². The van der Waals surface area contributed by atoms with Crippen molar-refractivity contribution in [1.82, 2.24) is 0 Å². The standard InChI is InChI=1S/C12H20N2O2S/c1-4-17(15,16)10-7-5-9(6-8-10)11(13)12(2,3)14/h5-8,11H,4,13-14H2,1-3H3. The van der Waals surface area contributed by atoms with Crippen molar-refractivity contribution in [2.24, 2.45) is 11.5 Å². The van der Waals surface area contributed by atoms with Gasteiger partial charge in [-0.05, 0) is 31.5 Å². The van der Waals surface area contributed by atoms with Crippen LogP contribution in [0.2, 0.25) is 0 Å². The number of hydrogen-bond donors (Lipinski definition) is 2. The minimum absolute atomic E-state index is 0.0980. The van der Waals surface area contributed by atoms with E-state index in [1.807, 2.05) is 13.8 Å². The molecule has 0 spiro atoms. The predicted octanol–water partition coefficient (Wildman–Crippen LogP) is 1.22. The molecule has 0 radical (unpaired) electrons. The highest BCUT2D eigenvalue weighted by atomic mass is 32.2. The van der Waals surface area contributed by atoms with Crippen molar-refractivity contribution in [3.63, 3.8) is 0 Å². The smallest absolute Gasteiger partial charge is 0.178 e. The van der Waals surface area contributed by atoms with Crippen LogP contribution < -0.4 is 11.5 Å². The molecule has 0 amide bonds. The lowest BCUT2D eigenvalue weighted by molar-refractivity contribution is 0.420. The van der Waals surface area contributed by atoms with Crippen LogP contribution in [-0.4, -0.2) is 19.7 Å². The highest BCUT2D eigenvalue weighted by Crippen LogP contribution is 2.22. The molecule has 0 bridgehead atoms. The lowest BCUT2D eigenvalue weighted by Crippen LogP contribution is -2.43. The Morgan fingerprint density at radius 2 is 1.71 bits per heavy atom. The van der Waals surface area contributed by atoms with E-state index in [0.717, 1.165) is 5.56 Å². The normalized spacial score (nSPS) is 14.6. The van der Waals surface area contributed by atoms with Gasteiger partial charge in [0, 0.05) is 11.6 Å². The van der Waals surface area contributed by atoms with Crippen molar-refractivity contribution >= 4 is 9.84 Å². The molecule has 4 nitrogen and oxygen atoms in total. The zero-order valence-electron chi connectivity index (χ0n) is 10.5. The van der Waals surface area contributed by atoms with Gasteiger partial charge in [0.2, 0.25) is 0 Å². The van der Waals surface area contributed by atoms with Gasteiger partial charge in [-0.2, -0.15) is 0 Å². The Kier molecular flexibility index (Phi) is 3.96. The summed E-state index contributed by atoms with van der Waals surface area (Å²) in [7, 11) is -3.15. The fourth-order valence-corrected chi connectivity index (χ4v) is 2.36. The summed E-state index contributed by atoms with van der Waals surface area (Å²) in [5, 5.41) is 0. The fourth-order valence-electron chi connectivity index (χ4n) is 1.48. The molecule has 1 unspecified atom stereocenters. The van der Waals surface area contributed by atoms with Crippen molar-refractivity contribution in [2.75, 3.05) is 5.75 Å². The van der Waals surface area contributed by atoms with Gasteiger partial charge >= 0.3 is 0 Å². The van der Waals surface area contributed by atoms with Crippen LogP contribution in [0.1, 0.15) is 32.4 Å². The highest BCUT2D eigenvalue weighted by Gasteiger charge is 2.23. The first-order valence-electron chi connectivity index (χ1n) is 5.55. The molecule has 5 heteroatoms. The largest absolute Gasteiger partial charge is 0.324 e. The minimum atomic E-state index is -3.15. The maximum absolute atomic E-state index is 11.6. The third-order valence-electron chi connectivity index (χ3n) is 2.78. The summed E-state index contributed by atoms with van der Waals surface area (Å²) in [6.07, 6.45) is 0. The molecule has 0 aromatic heterocycles. The Labute approximate surface area is 103 Å². The molecule has 0 saturated carbocycles. The summed E-state index contributed by atoms with van der Waals surface area (Å²) in [5.41, 5.74) is 12.2. The second-order valence-corrected chi connectivity index (χ2v) is 7.05. The molecule has 0 aliphatic heterocycles. The quantitative estimate of drug-likeness (QED) is 0.848. The van der Waals surface area contributed by atoms with E-state index in [1.165, 1.54) is 0 Å². The van der Waals surface area contributed by atoms with Gasteiger partial charge in [-0.25, -0.2) is 8.42 Å². The zero-order valence-corrected chi connectivity index (χ0v) is 11.3. The number of sulfone groups is 1. The van der Waals surface area contributed by atoms with Gasteiger partial charge in [-0.1, -0.05) is 19.1 Å². The first-order valence-corrected chi connectivity index (χ1v) is 7.21. The summed E-state index contributed by atoms with van der Waals surface area (Å²) in [6, 6.07) is 6.30. The van der Waals surface area contributed by atoms with E-state index in [9.17, 15) is 8.42 Å². The van der Waals surface area contributed by atoms with Gasteiger partial charge in [-0.3, -0.25) is 0 Å². The second-order valence-electron chi connectivity index (χ2n) is 4.77. The van der Waals surface area contributed by atoms with E-state index in [1.54, 1.807) is 31.2 Å². The molecule has 1 atom stereocenters. The Bertz CT molecular complexity index is 472. The Morgan fingerprint density at radius 3 is 2.06 bits per heavy atom. The summed E-state index contributed by atoms with van der Waals surface area (Å²) >= 11 is 0. The molecular weight excluding hydrogens is 236 g/mol. The maximum atomic E-state index is 11.6. The summed E-state index contributed by atoms with van der Waals surface area (Å²) in [6.45, 7) is 5.31. The number of rotatable bonds is 4. The molecular formula is C12H20N2O2S. The van der Waals surface area contributed by atoms with Crippen molar-refractivity contribution in [1.29, 1.82) is 0 Å². The summed E-state index contributed by atoms with van der Waals surface area (Å²) < 4.78 is 23.2. The van der Waals surface area contributed by atoms with Crippen LogP contribution in [-0.2, 0) is 9.84 Å². The van der Waals surface area contributed by atoms with E-state index in [-0.39, 0.29) is 11.8 Å². The van der Waals surface area contributed by atoms with Crippen LogP contribution in [0.5, 0.6) is 0 Å². The van der Waals surface area contributed by atoms with Gasteiger partial charge in [0.15, 0.2) is 9.84 Å². The predicted molar refractivity (Wildman–Crippen MR) is 69.4 cm³/mol. The number of benzene rings is 1. The molecule has 0 heterocycles. The van der Waals surface area contributed by atoms with Gasteiger partial charge in [0.25, 0.3) is 0 Å². The average molecular weight is 256 g/mol. The molecule has 1 aromatic rings. The molecule has 1 rings (SSSR count). The first-order chi connectivity index (χ1) is 7.68. The van der Waals surface area contributed by atoms with Crippen molar-refractivity contribution in [3.8, 4) is 0 Å². The SMILES string of the molecule is CCS(=O)(=O)c1ccc(C(N)C(C)(C)N)cc1. The number of nitrogens with two attached hydrogens (primary N) is 2. The van der Waals surface area contributed by atoms with Crippen LogP contribution in [0.4, 0.5) is 0 Å². The topological polar surface area (TPSA) is 86.2 Å². The van der Waals surface area contributed by atoms with E-state index in [4.69, 9.17) is 11.5 Å². The monoisotopic (exact) mass is 256 g/mol. The fraction of sp³-hybridized carbons (Fsp3) is 0.500. The van der Waals surface area contributed by atoms with E-state index < -0.39 is 15.4 Å². The van der Waals surface area contributed by atoms with Gasteiger partial charge < -0.3 is 11.5 Å². The third kappa shape index (κ3) is 3.28. The molecule has 1 aromatic carbocycles. The molecule has 17 heavy (non-hydrogen) atoms. The van der Waals surface area contributed by atoms with Gasteiger partial charge in [0.05, 0.1) is 10.6 Å². The van der Waals surface area contributed by atoms with Crippen LogP contribution in [0, 0.1) is 0 Å². The van der Waals surface area contributed by atoms with E-state index in [2.05, 4.69) is 0 Å². The minimum Gasteiger partial charge on any atom is -0.324 e. The third-order valence-corrected chi connectivity index (χ3v) is 4.53. The molecule has 0 fully saturated rings. The Hall–Kier alpha value is -0.910. The van der Waals surface area contributed by atoms with Crippen molar-refractivity contribution in [2.45, 2.75) is 37.2 Å². The molecule has 0 saturated heterocycles. The van der Waals surface area contributed by atoms with E-state index in [0.29, 0.717) is 4.90 Å². The van der Waals surface area contributed by atoms with Crippen molar-refractivity contribution < 1.29 is 8.42 Å². The molecule has 96 valence electrons. The van der Waals surface area contributed by atoms with Gasteiger partial charge in [0.1, 0.15) is 0 Å². The van der Waals surface area contributed by atoms with E-state index >= 15 is 0 Å². The summed E-state index contributed by atoms with van der Waals surface area (Å²) in [5.74, 6) is 0.0980. The van der Waals surface area contributed by atoms with Crippen LogP contribution in [0.3, 0.4) is 0 Å². The average Bonchev–Trinajstić information content (AvgIpc) is 2.27. The lowest BCUT2D eigenvalue weighted by Gasteiger charge is -2.27. The zero-order chi connectivity index (χ0) is 13.3. The molecule has 0 aliphatic rings.